The molecule has 2 N–H and O–H groups in total. The van der Waals surface area contributed by atoms with E-state index in [0.29, 0.717) is 11.6 Å². The number of amides is 1. The normalized spacial score (nSPS) is 18.5. The Morgan fingerprint density at radius 1 is 1.19 bits per heavy atom. The van der Waals surface area contributed by atoms with E-state index in [-0.39, 0.29) is 11.2 Å². The van der Waals surface area contributed by atoms with Crippen LogP contribution in [0, 0.1) is 0 Å². The zero-order chi connectivity index (χ0) is 18.6. The number of H-pyrrole nitrogens is 1. The summed E-state index contributed by atoms with van der Waals surface area (Å²) in [5, 5.41) is 12.5. The van der Waals surface area contributed by atoms with Crippen molar-refractivity contribution < 1.29 is 9.53 Å². The van der Waals surface area contributed by atoms with Gasteiger partial charge in [0.1, 0.15) is 5.75 Å². The minimum atomic E-state index is -0.208. The largest absolute Gasteiger partial charge is 0.497 e. The van der Waals surface area contributed by atoms with Crippen LogP contribution in [0.15, 0.2) is 64.9 Å². The van der Waals surface area contributed by atoms with Crippen LogP contribution >= 0.6 is 11.8 Å². The van der Waals surface area contributed by atoms with Crippen molar-refractivity contribution in [3.05, 3.63) is 65.9 Å². The molecule has 1 amide bonds. The summed E-state index contributed by atoms with van der Waals surface area (Å²) in [7, 11) is 1.63. The maximum atomic E-state index is 12.2. The molecule has 1 fully saturated rings. The molecular weight excluding hydrogens is 360 g/mol. The first-order chi connectivity index (χ1) is 13.2. The minimum absolute atomic E-state index is 0.0446. The number of benzene rings is 2. The number of thioether (sulfide) groups is 1. The fourth-order valence-electron chi connectivity index (χ4n) is 2.91. The van der Waals surface area contributed by atoms with Crippen molar-refractivity contribution in [1.29, 1.82) is 0 Å². The topological polar surface area (TPSA) is 78.8 Å². The number of para-hydroxylation sites is 1. The highest BCUT2D eigenvalue weighted by Gasteiger charge is 2.30. The van der Waals surface area contributed by atoms with Gasteiger partial charge in [-0.2, -0.15) is 5.10 Å². The molecule has 3 aromatic rings. The molecule has 2 aromatic carbocycles. The summed E-state index contributed by atoms with van der Waals surface area (Å²) in [6.07, 6.45) is 4.21. The van der Waals surface area contributed by atoms with Crippen LogP contribution in [0.2, 0.25) is 0 Å². The van der Waals surface area contributed by atoms with E-state index >= 15 is 0 Å². The molecule has 0 spiro atoms. The van der Waals surface area contributed by atoms with Crippen molar-refractivity contribution in [3.63, 3.8) is 0 Å². The fraction of sp³-hybridized carbons (Fsp3) is 0.150. The number of hydrogen-bond donors (Lipinski definition) is 2. The Balaban J connectivity index is 1.42. The van der Waals surface area contributed by atoms with Gasteiger partial charge < -0.3 is 15.0 Å². The molecule has 0 radical (unpaired) electrons. The number of aromatic amines is 1. The molecule has 27 heavy (non-hydrogen) atoms. The van der Waals surface area contributed by atoms with E-state index in [1.807, 2.05) is 54.7 Å². The smallest absolute Gasteiger partial charge is 0.239 e. The molecule has 1 aliphatic rings. The third kappa shape index (κ3) is 3.88. The van der Waals surface area contributed by atoms with Gasteiger partial charge in [0.25, 0.3) is 0 Å². The third-order valence-corrected chi connectivity index (χ3v) is 5.40. The lowest BCUT2D eigenvalue weighted by molar-refractivity contribution is -0.118. The summed E-state index contributed by atoms with van der Waals surface area (Å²) in [6.45, 7) is 0. The number of fused-ring (bicyclic) bond motifs is 1. The average molecular weight is 378 g/mol. The summed E-state index contributed by atoms with van der Waals surface area (Å²) < 4.78 is 5.16. The van der Waals surface area contributed by atoms with E-state index in [9.17, 15) is 4.79 Å². The third-order valence-electron chi connectivity index (χ3n) is 4.32. The second kappa shape index (κ2) is 7.67. The van der Waals surface area contributed by atoms with E-state index in [2.05, 4.69) is 20.5 Å². The van der Waals surface area contributed by atoms with Crippen LogP contribution in [0.4, 0.5) is 0 Å². The number of hydrogen-bond acceptors (Lipinski definition) is 5. The van der Waals surface area contributed by atoms with Crippen molar-refractivity contribution in [2.24, 2.45) is 10.2 Å². The Kier molecular flexibility index (Phi) is 4.93. The molecule has 6 nitrogen and oxygen atoms in total. The first-order valence-electron chi connectivity index (χ1n) is 8.50. The minimum Gasteiger partial charge on any atom is -0.497 e. The predicted molar refractivity (Wildman–Crippen MR) is 110 cm³/mol. The molecule has 136 valence electrons. The summed E-state index contributed by atoms with van der Waals surface area (Å²) in [5.74, 6) is 0.757. The number of nitrogens with zero attached hydrogens (tertiary/aromatic N) is 2. The van der Waals surface area contributed by atoms with E-state index in [1.54, 1.807) is 13.3 Å². The average Bonchev–Trinajstić information content (AvgIpc) is 3.26. The van der Waals surface area contributed by atoms with Gasteiger partial charge in [-0.05, 0) is 30.2 Å². The van der Waals surface area contributed by atoms with Gasteiger partial charge in [-0.1, -0.05) is 42.1 Å². The molecule has 0 bridgehead atoms. The van der Waals surface area contributed by atoms with Crippen molar-refractivity contribution in [3.8, 4) is 5.75 Å². The van der Waals surface area contributed by atoms with Crippen molar-refractivity contribution in [2.45, 2.75) is 11.7 Å². The van der Waals surface area contributed by atoms with Crippen LogP contribution in [0.25, 0.3) is 10.9 Å². The summed E-state index contributed by atoms with van der Waals surface area (Å²) >= 11 is 1.40. The molecule has 1 aromatic heterocycles. The fourth-order valence-corrected chi connectivity index (χ4v) is 3.87. The van der Waals surface area contributed by atoms with Gasteiger partial charge in [0, 0.05) is 22.7 Å². The molecular formula is C20H18N4O2S. The lowest BCUT2D eigenvalue weighted by atomic mass is 10.1. The van der Waals surface area contributed by atoms with E-state index < -0.39 is 0 Å². The molecule has 0 saturated carbocycles. The second-order valence-electron chi connectivity index (χ2n) is 6.09. The van der Waals surface area contributed by atoms with Gasteiger partial charge in [0.05, 0.1) is 18.6 Å². The molecule has 0 unspecified atom stereocenters. The number of rotatable bonds is 5. The standard InChI is InChI=1S/C20H18N4O2S/c1-26-15-8-6-13(7-9-15)10-18-19(25)23-20(27-18)24-22-12-14-11-21-17-5-3-2-4-16(14)17/h2-9,11-12,18,21H,10H2,1H3,(H,23,24,25)/b22-12+/t18-/m0/s1. The zero-order valence-corrected chi connectivity index (χ0v) is 15.5. The molecule has 1 saturated heterocycles. The number of carbonyl (C=O) groups excluding carboxylic acids is 1. The van der Waals surface area contributed by atoms with Crippen LogP contribution in [0.3, 0.4) is 0 Å². The summed E-state index contributed by atoms with van der Waals surface area (Å²) in [4.78, 5) is 15.4. The lowest BCUT2D eigenvalue weighted by Crippen LogP contribution is -2.25. The first kappa shape index (κ1) is 17.4. The Bertz CT molecular complexity index is 1020. The SMILES string of the molecule is COc1ccc(C[C@@H]2S/C(=N/N=C/c3c[nH]c4ccccc34)NC2=O)cc1. The molecule has 1 aliphatic heterocycles. The van der Waals surface area contributed by atoms with Gasteiger partial charge in [0.2, 0.25) is 5.91 Å². The van der Waals surface area contributed by atoms with Crippen LogP contribution < -0.4 is 10.1 Å². The van der Waals surface area contributed by atoms with Gasteiger partial charge in [-0.15, -0.1) is 5.10 Å². The van der Waals surface area contributed by atoms with Crippen LogP contribution in [0.5, 0.6) is 5.75 Å². The monoisotopic (exact) mass is 378 g/mol. The Morgan fingerprint density at radius 3 is 2.81 bits per heavy atom. The molecule has 2 heterocycles. The predicted octanol–water partition coefficient (Wildman–Crippen LogP) is 3.34. The second-order valence-corrected chi connectivity index (χ2v) is 7.28. The van der Waals surface area contributed by atoms with E-state index in [4.69, 9.17) is 4.74 Å². The number of methoxy groups -OCH3 is 1. The molecule has 0 aliphatic carbocycles. The number of nitrogens with one attached hydrogen (secondary N) is 2. The number of amidine groups is 1. The maximum absolute atomic E-state index is 12.2. The highest BCUT2D eigenvalue weighted by Crippen LogP contribution is 2.24. The van der Waals surface area contributed by atoms with Gasteiger partial charge in [0.15, 0.2) is 5.17 Å². The van der Waals surface area contributed by atoms with Crippen LogP contribution in [0.1, 0.15) is 11.1 Å². The van der Waals surface area contributed by atoms with Crippen molar-refractivity contribution in [1.82, 2.24) is 10.3 Å². The maximum Gasteiger partial charge on any atom is 0.239 e. The van der Waals surface area contributed by atoms with Crippen molar-refractivity contribution >= 4 is 40.0 Å². The Morgan fingerprint density at radius 2 is 2.00 bits per heavy atom. The highest BCUT2D eigenvalue weighted by atomic mass is 32.2. The Labute approximate surface area is 160 Å². The number of carbonyl (C=O) groups is 1. The Hall–Kier alpha value is -3.06. The lowest BCUT2D eigenvalue weighted by Gasteiger charge is -2.06. The van der Waals surface area contributed by atoms with Gasteiger partial charge in [-0.25, -0.2) is 0 Å². The number of aromatic nitrogens is 1. The van der Waals surface area contributed by atoms with Crippen LogP contribution in [-0.4, -0.2) is 34.6 Å². The van der Waals surface area contributed by atoms with E-state index in [0.717, 1.165) is 27.8 Å². The zero-order valence-electron chi connectivity index (χ0n) is 14.7. The van der Waals surface area contributed by atoms with E-state index in [1.165, 1.54) is 11.8 Å². The molecule has 7 heteroatoms. The van der Waals surface area contributed by atoms with Gasteiger partial charge >= 0.3 is 0 Å². The quantitative estimate of drug-likeness (QED) is 0.528. The van der Waals surface area contributed by atoms with Gasteiger partial charge in [-0.3, -0.25) is 4.79 Å². The van der Waals surface area contributed by atoms with Crippen molar-refractivity contribution in [2.75, 3.05) is 7.11 Å². The number of ether oxygens (including phenoxy) is 1. The summed E-state index contributed by atoms with van der Waals surface area (Å²) in [5.41, 5.74) is 3.08. The molecule has 4 rings (SSSR count). The molecule has 1 atom stereocenters. The highest BCUT2D eigenvalue weighted by molar-refractivity contribution is 8.15. The van der Waals surface area contributed by atoms with Crippen LogP contribution in [-0.2, 0) is 11.2 Å². The summed E-state index contributed by atoms with van der Waals surface area (Å²) in [6, 6.07) is 15.7. The first-order valence-corrected chi connectivity index (χ1v) is 9.38.